The Kier molecular flexibility index (Phi) is 5.36. The van der Waals surface area contributed by atoms with Crippen molar-refractivity contribution >= 4 is 11.9 Å². The first-order chi connectivity index (χ1) is 9.26. The molecular weight excluding hydrogens is 279 g/mol. The Labute approximate surface area is 112 Å². The summed E-state index contributed by atoms with van der Waals surface area (Å²) in [5.74, 6) is -1.73. The van der Waals surface area contributed by atoms with Gasteiger partial charge in [0.15, 0.2) is 6.61 Å². The Hall–Kier alpha value is -2.25. The Bertz CT molecular complexity index is 488. The van der Waals surface area contributed by atoms with Gasteiger partial charge in [-0.2, -0.15) is 13.2 Å². The molecule has 0 saturated heterocycles. The Morgan fingerprint density at radius 3 is 2.60 bits per heavy atom. The van der Waals surface area contributed by atoms with Crippen molar-refractivity contribution < 1.29 is 32.6 Å². The lowest BCUT2D eigenvalue weighted by atomic mass is 10.1. The maximum absolute atomic E-state index is 12.0. The average Bonchev–Trinajstić information content (AvgIpc) is 2.34. The van der Waals surface area contributed by atoms with Crippen LogP contribution in [0.1, 0.15) is 5.56 Å². The number of hydrogen-bond acceptors (Lipinski definition) is 3. The molecule has 0 aromatic heterocycles. The zero-order chi connectivity index (χ0) is 15.2. The molecule has 1 aromatic rings. The molecule has 0 atom stereocenters. The highest BCUT2D eigenvalue weighted by molar-refractivity contribution is 5.82. The van der Waals surface area contributed by atoms with Crippen molar-refractivity contribution in [2.24, 2.45) is 0 Å². The lowest BCUT2D eigenvalue weighted by Crippen LogP contribution is -2.30. The molecule has 110 valence electrons. The zero-order valence-corrected chi connectivity index (χ0v) is 10.2. The topological polar surface area (TPSA) is 75.6 Å². The monoisotopic (exact) mass is 291 g/mol. The van der Waals surface area contributed by atoms with E-state index in [1.54, 1.807) is 0 Å². The number of alkyl halides is 3. The van der Waals surface area contributed by atoms with Crippen molar-refractivity contribution in [2.45, 2.75) is 12.6 Å². The summed E-state index contributed by atoms with van der Waals surface area (Å²) < 4.78 is 40.5. The van der Waals surface area contributed by atoms with E-state index in [0.717, 1.165) is 0 Å². The van der Waals surface area contributed by atoms with Crippen molar-refractivity contribution in [3.63, 3.8) is 0 Å². The fourth-order valence-corrected chi connectivity index (χ4v) is 1.33. The Morgan fingerprint density at radius 2 is 2.00 bits per heavy atom. The lowest BCUT2D eigenvalue weighted by molar-refractivity contribution is -0.153. The number of rotatable bonds is 6. The molecule has 0 heterocycles. The van der Waals surface area contributed by atoms with Gasteiger partial charge in [-0.15, -0.1) is 0 Å². The maximum atomic E-state index is 12.0. The van der Waals surface area contributed by atoms with Gasteiger partial charge in [0.1, 0.15) is 12.3 Å². The van der Waals surface area contributed by atoms with Crippen LogP contribution in [0.25, 0.3) is 0 Å². The molecule has 0 radical (unpaired) electrons. The second kappa shape index (κ2) is 6.78. The van der Waals surface area contributed by atoms with Crippen molar-refractivity contribution in [2.75, 3.05) is 13.2 Å². The summed E-state index contributed by atoms with van der Waals surface area (Å²) in [7, 11) is 0. The smallest absolute Gasteiger partial charge is 0.422 e. The number of hydrogen-bond donors (Lipinski definition) is 2. The number of carbonyl (C=O) groups is 2. The standard InChI is InChI=1S/C12H12F3NO4/c13-12(14,15)7-20-9-3-1-2-8(4-9)5-10(17)16-6-11(18)19/h1-4H,5-7H2,(H,16,17)(H,18,19). The maximum Gasteiger partial charge on any atom is 0.422 e. The third kappa shape index (κ3) is 6.62. The minimum absolute atomic E-state index is 0.00846. The quantitative estimate of drug-likeness (QED) is 0.830. The molecule has 20 heavy (non-hydrogen) atoms. The minimum Gasteiger partial charge on any atom is -0.484 e. The van der Waals surface area contributed by atoms with Gasteiger partial charge in [0, 0.05) is 0 Å². The molecule has 2 N–H and O–H groups in total. The van der Waals surface area contributed by atoms with Gasteiger partial charge in [0.25, 0.3) is 0 Å². The lowest BCUT2D eigenvalue weighted by Gasteiger charge is -2.10. The van der Waals surface area contributed by atoms with E-state index in [1.807, 2.05) is 0 Å². The van der Waals surface area contributed by atoms with Crippen LogP contribution in [0.5, 0.6) is 5.75 Å². The predicted octanol–water partition coefficient (Wildman–Crippen LogP) is 1.37. The number of ether oxygens (including phenoxy) is 1. The second-order valence-electron chi connectivity index (χ2n) is 3.90. The molecule has 5 nitrogen and oxygen atoms in total. The molecule has 1 amide bonds. The first-order valence-electron chi connectivity index (χ1n) is 5.53. The molecule has 0 aliphatic rings. The summed E-state index contributed by atoms with van der Waals surface area (Å²) in [5, 5.41) is 10.5. The summed E-state index contributed by atoms with van der Waals surface area (Å²) in [6.45, 7) is -1.93. The van der Waals surface area contributed by atoms with Crippen LogP contribution in [-0.2, 0) is 16.0 Å². The largest absolute Gasteiger partial charge is 0.484 e. The number of carbonyl (C=O) groups excluding carboxylic acids is 1. The van der Waals surface area contributed by atoms with Gasteiger partial charge in [0.2, 0.25) is 5.91 Å². The summed E-state index contributed by atoms with van der Waals surface area (Å²) >= 11 is 0. The van der Waals surface area contributed by atoms with E-state index in [-0.39, 0.29) is 12.2 Å². The van der Waals surface area contributed by atoms with Gasteiger partial charge in [0.05, 0.1) is 6.42 Å². The highest BCUT2D eigenvalue weighted by atomic mass is 19.4. The number of benzene rings is 1. The third-order valence-corrected chi connectivity index (χ3v) is 2.10. The molecule has 0 spiro atoms. The molecule has 0 fully saturated rings. The van der Waals surface area contributed by atoms with Gasteiger partial charge in [-0.25, -0.2) is 0 Å². The number of halogens is 3. The predicted molar refractivity (Wildman–Crippen MR) is 62.3 cm³/mol. The van der Waals surface area contributed by atoms with Crippen LogP contribution in [0.15, 0.2) is 24.3 Å². The van der Waals surface area contributed by atoms with Crippen LogP contribution in [0, 0.1) is 0 Å². The van der Waals surface area contributed by atoms with E-state index in [2.05, 4.69) is 10.1 Å². The minimum atomic E-state index is -4.44. The highest BCUT2D eigenvalue weighted by Crippen LogP contribution is 2.19. The molecule has 0 unspecified atom stereocenters. The number of amides is 1. The first-order valence-corrected chi connectivity index (χ1v) is 5.53. The summed E-state index contributed by atoms with van der Waals surface area (Å²) in [5.41, 5.74) is 0.424. The van der Waals surface area contributed by atoms with Crippen LogP contribution in [0.2, 0.25) is 0 Å². The third-order valence-electron chi connectivity index (χ3n) is 2.10. The number of carboxylic acid groups (broad SMARTS) is 1. The second-order valence-corrected chi connectivity index (χ2v) is 3.90. The SMILES string of the molecule is O=C(O)CNC(=O)Cc1cccc(OCC(F)(F)F)c1. The van der Waals surface area contributed by atoms with Crippen molar-refractivity contribution in [1.29, 1.82) is 0 Å². The number of nitrogens with one attached hydrogen (secondary N) is 1. The van der Waals surface area contributed by atoms with Crippen LogP contribution < -0.4 is 10.1 Å². The Balaban J connectivity index is 2.55. The Morgan fingerprint density at radius 1 is 1.30 bits per heavy atom. The first kappa shape index (κ1) is 15.8. The van der Waals surface area contributed by atoms with Crippen LogP contribution in [-0.4, -0.2) is 36.3 Å². The van der Waals surface area contributed by atoms with Gasteiger partial charge in [-0.1, -0.05) is 12.1 Å². The molecular formula is C12H12F3NO4. The van der Waals surface area contributed by atoms with E-state index in [4.69, 9.17) is 5.11 Å². The van der Waals surface area contributed by atoms with E-state index in [0.29, 0.717) is 5.56 Å². The van der Waals surface area contributed by atoms with Crippen molar-refractivity contribution in [3.05, 3.63) is 29.8 Å². The summed E-state index contributed by atoms with van der Waals surface area (Å²) in [4.78, 5) is 21.6. The van der Waals surface area contributed by atoms with Crippen molar-refractivity contribution in [1.82, 2.24) is 5.32 Å². The molecule has 8 heteroatoms. The van der Waals surface area contributed by atoms with E-state index in [1.165, 1.54) is 24.3 Å². The molecule has 0 saturated carbocycles. The van der Waals surface area contributed by atoms with Gasteiger partial charge >= 0.3 is 12.1 Å². The highest BCUT2D eigenvalue weighted by Gasteiger charge is 2.28. The fourth-order valence-electron chi connectivity index (χ4n) is 1.33. The van der Waals surface area contributed by atoms with Gasteiger partial charge < -0.3 is 15.2 Å². The van der Waals surface area contributed by atoms with E-state index >= 15 is 0 Å². The molecule has 1 rings (SSSR count). The fraction of sp³-hybridized carbons (Fsp3) is 0.333. The molecule has 1 aromatic carbocycles. The number of carboxylic acids is 1. The molecule has 0 bridgehead atoms. The van der Waals surface area contributed by atoms with E-state index < -0.39 is 31.2 Å². The van der Waals surface area contributed by atoms with Gasteiger partial charge in [-0.3, -0.25) is 9.59 Å². The van der Waals surface area contributed by atoms with Crippen LogP contribution >= 0.6 is 0 Å². The molecule has 0 aliphatic carbocycles. The van der Waals surface area contributed by atoms with Gasteiger partial charge in [-0.05, 0) is 17.7 Å². The zero-order valence-electron chi connectivity index (χ0n) is 10.2. The molecule has 0 aliphatic heterocycles. The van der Waals surface area contributed by atoms with E-state index in [9.17, 15) is 22.8 Å². The summed E-state index contributed by atoms with van der Waals surface area (Å²) in [6.07, 6.45) is -4.58. The van der Waals surface area contributed by atoms with Crippen LogP contribution in [0.4, 0.5) is 13.2 Å². The van der Waals surface area contributed by atoms with Crippen LogP contribution in [0.3, 0.4) is 0 Å². The summed E-state index contributed by atoms with van der Waals surface area (Å²) in [6, 6.07) is 5.61. The number of aliphatic carboxylic acids is 1. The normalized spacial score (nSPS) is 10.9. The van der Waals surface area contributed by atoms with Crippen molar-refractivity contribution in [3.8, 4) is 5.75 Å². The average molecular weight is 291 g/mol.